The molecule has 102 valence electrons. The van der Waals surface area contributed by atoms with Gasteiger partial charge in [-0.05, 0) is 11.8 Å². The van der Waals surface area contributed by atoms with E-state index in [0.29, 0.717) is 6.54 Å². The van der Waals surface area contributed by atoms with Gasteiger partial charge in [-0.25, -0.2) is 4.79 Å². The predicted octanol–water partition coefficient (Wildman–Crippen LogP) is 1.02. The molecule has 6 heteroatoms. The molecule has 0 saturated carbocycles. The summed E-state index contributed by atoms with van der Waals surface area (Å²) < 4.78 is 0. The molecule has 0 aromatic rings. The quantitative estimate of drug-likeness (QED) is 0.616. The summed E-state index contributed by atoms with van der Waals surface area (Å²) in [6.07, 6.45) is 0.884. The monoisotopic (exact) mass is 257 g/mol. The van der Waals surface area contributed by atoms with Crippen LogP contribution in [-0.2, 0) is 14.4 Å². The van der Waals surface area contributed by atoms with Crippen molar-refractivity contribution in [2.75, 3.05) is 6.54 Å². The zero-order chi connectivity index (χ0) is 14.3. The van der Waals surface area contributed by atoms with Gasteiger partial charge in [-0.3, -0.25) is 9.59 Å². The van der Waals surface area contributed by atoms with E-state index in [-0.39, 0.29) is 5.41 Å². The van der Waals surface area contributed by atoms with E-state index in [1.54, 1.807) is 0 Å². The number of carbonyl (C=O) groups is 3. The third-order valence-corrected chi connectivity index (χ3v) is 2.10. The fraction of sp³-hybridized carbons (Fsp3) is 0.583. The Morgan fingerprint density at radius 3 is 2.11 bits per heavy atom. The maximum absolute atomic E-state index is 11.4. The number of carboxylic acids is 2. The van der Waals surface area contributed by atoms with E-state index in [0.717, 1.165) is 12.5 Å². The van der Waals surface area contributed by atoms with Gasteiger partial charge in [-0.2, -0.15) is 0 Å². The van der Waals surface area contributed by atoms with Crippen molar-refractivity contribution in [3.8, 4) is 0 Å². The van der Waals surface area contributed by atoms with E-state index in [4.69, 9.17) is 10.2 Å². The van der Waals surface area contributed by atoms with Crippen molar-refractivity contribution < 1.29 is 24.6 Å². The van der Waals surface area contributed by atoms with Crippen LogP contribution >= 0.6 is 0 Å². The van der Waals surface area contributed by atoms with Crippen LogP contribution in [0.15, 0.2) is 11.6 Å². The summed E-state index contributed by atoms with van der Waals surface area (Å²) in [5.74, 6) is -3.27. The van der Waals surface area contributed by atoms with E-state index >= 15 is 0 Å². The first kappa shape index (κ1) is 16.1. The lowest BCUT2D eigenvalue weighted by molar-refractivity contribution is -0.139. The van der Waals surface area contributed by atoms with E-state index in [1.807, 2.05) is 20.8 Å². The molecule has 0 heterocycles. The fourth-order valence-electron chi connectivity index (χ4n) is 1.12. The van der Waals surface area contributed by atoms with Crippen LogP contribution in [0.1, 0.15) is 33.6 Å². The fourth-order valence-corrected chi connectivity index (χ4v) is 1.12. The number of hydrogen-bond acceptors (Lipinski definition) is 3. The molecule has 6 nitrogen and oxygen atoms in total. The molecule has 0 aromatic carbocycles. The van der Waals surface area contributed by atoms with Gasteiger partial charge in [0.05, 0.1) is 12.0 Å². The highest BCUT2D eigenvalue weighted by Crippen LogP contribution is 2.16. The highest BCUT2D eigenvalue weighted by molar-refractivity contribution is 6.00. The summed E-state index contributed by atoms with van der Waals surface area (Å²) >= 11 is 0. The minimum Gasteiger partial charge on any atom is -0.481 e. The van der Waals surface area contributed by atoms with Gasteiger partial charge in [0.25, 0.3) is 0 Å². The smallest absolute Gasteiger partial charge is 0.332 e. The van der Waals surface area contributed by atoms with E-state index < -0.39 is 29.8 Å². The van der Waals surface area contributed by atoms with Crippen molar-refractivity contribution in [1.29, 1.82) is 0 Å². The first-order valence-electron chi connectivity index (χ1n) is 5.55. The van der Waals surface area contributed by atoms with Gasteiger partial charge in [0.15, 0.2) is 0 Å². The zero-order valence-corrected chi connectivity index (χ0v) is 10.8. The van der Waals surface area contributed by atoms with Gasteiger partial charge in [-0.15, -0.1) is 0 Å². The highest BCUT2D eigenvalue weighted by atomic mass is 16.4. The molecule has 0 aliphatic heterocycles. The van der Waals surface area contributed by atoms with Crippen molar-refractivity contribution >= 4 is 17.8 Å². The second kappa shape index (κ2) is 6.78. The molecule has 0 saturated heterocycles. The van der Waals surface area contributed by atoms with Crippen LogP contribution in [0.5, 0.6) is 0 Å². The zero-order valence-electron chi connectivity index (χ0n) is 10.8. The molecule has 0 atom stereocenters. The van der Waals surface area contributed by atoms with E-state index in [2.05, 4.69) is 5.32 Å². The van der Waals surface area contributed by atoms with Crippen molar-refractivity contribution in [3.63, 3.8) is 0 Å². The number of carbonyl (C=O) groups excluding carboxylic acids is 1. The van der Waals surface area contributed by atoms with Crippen LogP contribution in [0, 0.1) is 5.41 Å². The molecule has 3 N–H and O–H groups in total. The molecule has 0 aliphatic rings. The number of nitrogens with one attached hydrogen (secondary N) is 1. The second-order valence-corrected chi connectivity index (χ2v) is 5.15. The molecule has 0 aliphatic carbocycles. The number of aliphatic carboxylic acids is 2. The van der Waals surface area contributed by atoms with Crippen LogP contribution in [0.2, 0.25) is 0 Å². The Balaban J connectivity index is 4.39. The average molecular weight is 257 g/mol. The Hall–Kier alpha value is -1.85. The molecule has 1 amide bonds. The third-order valence-electron chi connectivity index (χ3n) is 2.10. The van der Waals surface area contributed by atoms with Crippen molar-refractivity contribution in [1.82, 2.24) is 5.32 Å². The predicted molar refractivity (Wildman–Crippen MR) is 65.1 cm³/mol. The molecule has 18 heavy (non-hydrogen) atoms. The van der Waals surface area contributed by atoms with Gasteiger partial charge >= 0.3 is 11.9 Å². The normalized spacial score (nSPS) is 12.1. The van der Waals surface area contributed by atoms with Crippen LogP contribution in [-0.4, -0.2) is 34.6 Å². The molecular weight excluding hydrogens is 238 g/mol. The Kier molecular flexibility index (Phi) is 6.08. The lowest BCUT2D eigenvalue weighted by atomic mass is 9.92. The standard InChI is InChI=1S/C12H19NO5/c1-12(2,3)4-5-13-9(14)6-8(11(17)18)7-10(15)16/h6H,4-5,7H2,1-3H3,(H,13,14)(H,15,16)(H,17,18)/b8-6-. The summed E-state index contributed by atoms with van der Waals surface area (Å²) in [6.45, 7) is 6.46. The van der Waals surface area contributed by atoms with Gasteiger partial charge < -0.3 is 15.5 Å². The maximum atomic E-state index is 11.4. The van der Waals surface area contributed by atoms with Gasteiger partial charge in [0, 0.05) is 12.6 Å². The van der Waals surface area contributed by atoms with E-state index in [9.17, 15) is 14.4 Å². The van der Waals surface area contributed by atoms with Crippen LogP contribution < -0.4 is 5.32 Å². The summed E-state index contributed by atoms with van der Waals surface area (Å²) in [7, 11) is 0. The molecule has 0 rings (SSSR count). The number of amides is 1. The van der Waals surface area contributed by atoms with Gasteiger partial charge in [0.2, 0.25) is 5.91 Å². The molecule has 0 fully saturated rings. The first-order chi connectivity index (χ1) is 8.11. The number of rotatable bonds is 6. The van der Waals surface area contributed by atoms with Gasteiger partial charge in [0.1, 0.15) is 0 Å². The van der Waals surface area contributed by atoms with Crippen LogP contribution in [0.25, 0.3) is 0 Å². The largest absolute Gasteiger partial charge is 0.481 e. The number of carboxylic acid groups (broad SMARTS) is 2. The second-order valence-electron chi connectivity index (χ2n) is 5.15. The molecule has 0 radical (unpaired) electrons. The van der Waals surface area contributed by atoms with Crippen LogP contribution in [0.4, 0.5) is 0 Å². The highest BCUT2D eigenvalue weighted by Gasteiger charge is 2.14. The maximum Gasteiger partial charge on any atom is 0.332 e. The Bertz CT molecular complexity index is 365. The molecular formula is C12H19NO5. The van der Waals surface area contributed by atoms with Crippen LogP contribution in [0.3, 0.4) is 0 Å². The lowest BCUT2D eigenvalue weighted by Gasteiger charge is -2.17. The minimum absolute atomic E-state index is 0.0632. The summed E-state index contributed by atoms with van der Waals surface area (Å²) in [6, 6.07) is 0. The third kappa shape index (κ3) is 8.32. The van der Waals surface area contributed by atoms with Crippen molar-refractivity contribution in [2.45, 2.75) is 33.6 Å². The molecule has 0 bridgehead atoms. The van der Waals surface area contributed by atoms with Gasteiger partial charge in [-0.1, -0.05) is 20.8 Å². The van der Waals surface area contributed by atoms with Crippen molar-refractivity contribution in [2.24, 2.45) is 5.41 Å². The lowest BCUT2D eigenvalue weighted by Crippen LogP contribution is -2.26. The van der Waals surface area contributed by atoms with E-state index in [1.165, 1.54) is 0 Å². The Labute approximate surface area is 106 Å². The SMILES string of the molecule is CC(C)(C)CCNC(=O)/C=C(/CC(=O)O)C(=O)O. The summed E-state index contributed by atoms with van der Waals surface area (Å²) in [4.78, 5) is 32.5. The molecule has 0 spiro atoms. The Morgan fingerprint density at radius 1 is 1.17 bits per heavy atom. The minimum atomic E-state index is -1.40. The molecule has 0 unspecified atom stereocenters. The average Bonchev–Trinajstić information content (AvgIpc) is 2.13. The first-order valence-corrected chi connectivity index (χ1v) is 5.55. The number of hydrogen-bond donors (Lipinski definition) is 3. The van der Waals surface area contributed by atoms with Crippen molar-refractivity contribution in [3.05, 3.63) is 11.6 Å². The Morgan fingerprint density at radius 2 is 1.72 bits per heavy atom. The summed E-state index contributed by atoms with van der Waals surface area (Å²) in [5, 5.41) is 19.7. The molecule has 0 aromatic heterocycles. The topological polar surface area (TPSA) is 104 Å². The summed E-state index contributed by atoms with van der Waals surface area (Å²) in [5.41, 5.74) is -0.371.